The first-order valence-electron chi connectivity index (χ1n) is 8.23. The molecule has 1 unspecified atom stereocenters. The van der Waals surface area contributed by atoms with E-state index in [0.29, 0.717) is 40.6 Å². The Morgan fingerprint density at radius 2 is 1.80 bits per heavy atom. The lowest BCUT2D eigenvalue weighted by molar-refractivity contribution is 0.171. The van der Waals surface area contributed by atoms with Crippen LogP contribution in [-0.2, 0) is 10.0 Å². The van der Waals surface area contributed by atoms with Crippen LogP contribution in [0.2, 0.25) is 0 Å². The molecule has 1 saturated heterocycles. The molecule has 2 heterocycles. The first-order valence-corrected chi connectivity index (χ1v) is 10.5. The van der Waals surface area contributed by atoms with E-state index in [1.807, 2.05) is 24.3 Å². The summed E-state index contributed by atoms with van der Waals surface area (Å²) in [5, 5.41) is 0. The van der Waals surface area contributed by atoms with Crippen molar-refractivity contribution in [1.82, 2.24) is 4.31 Å². The monoisotopic (exact) mass is 423 g/mol. The summed E-state index contributed by atoms with van der Waals surface area (Å²) in [7, 11) is -3.57. The Hall–Kier alpha value is -1.57. The van der Waals surface area contributed by atoms with Gasteiger partial charge in [0.1, 0.15) is 13.2 Å². The summed E-state index contributed by atoms with van der Waals surface area (Å²) < 4.78 is 39.7. The third kappa shape index (κ3) is 3.05. The van der Waals surface area contributed by atoms with E-state index >= 15 is 0 Å². The minimum Gasteiger partial charge on any atom is -0.486 e. The predicted octanol–water partition coefficient (Wildman–Crippen LogP) is 3.75. The number of hydrogen-bond acceptors (Lipinski definition) is 4. The van der Waals surface area contributed by atoms with Crippen LogP contribution in [0.15, 0.2) is 51.8 Å². The van der Waals surface area contributed by atoms with Crippen molar-refractivity contribution in [3.63, 3.8) is 0 Å². The number of halogens is 1. The van der Waals surface area contributed by atoms with E-state index in [-0.39, 0.29) is 6.04 Å². The zero-order valence-electron chi connectivity index (χ0n) is 13.5. The van der Waals surface area contributed by atoms with Crippen LogP contribution < -0.4 is 9.47 Å². The van der Waals surface area contributed by atoms with Gasteiger partial charge >= 0.3 is 0 Å². The van der Waals surface area contributed by atoms with Crippen LogP contribution in [0.25, 0.3) is 0 Å². The third-order valence-corrected chi connectivity index (χ3v) is 7.50. The van der Waals surface area contributed by atoms with Crippen molar-refractivity contribution in [3.05, 3.63) is 52.5 Å². The second-order valence-corrected chi connectivity index (χ2v) is 8.82. The third-order valence-electron chi connectivity index (χ3n) is 4.58. The van der Waals surface area contributed by atoms with Gasteiger partial charge in [0.25, 0.3) is 0 Å². The fourth-order valence-electron chi connectivity index (χ4n) is 3.41. The molecule has 5 nitrogen and oxygen atoms in total. The summed E-state index contributed by atoms with van der Waals surface area (Å²) in [5.74, 6) is 1.40. The molecule has 2 aliphatic heterocycles. The van der Waals surface area contributed by atoms with Gasteiger partial charge in [-0.2, -0.15) is 4.31 Å². The van der Waals surface area contributed by atoms with E-state index in [4.69, 9.17) is 9.47 Å². The highest BCUT2D eigenvalue weighted by atomic mass is 79.9. The number of rotatable bonds is 3. The van der Waals surface area contributed by atoms with Crippen molar-refractivity contribution in [2.45, 2.75) is 23.8 Å². The fraction of sp³-hybridized carbons (Fsp3) is 0.333. The second-order valence-electron chi connectivity index (χ2n) is 6.11. The molecule has 7 heteroatoms. The molecule has 25 heavy (non-hydrogen) atoms. The van der Waals surface area contributed by atoms with Crippen molar-refractivity contribution in [3.8, 4) is 11.5 Å². The Balaban J connectivity index is 1.70. The van der Waals surface area contributed by atoms with Crippen molar-refractivity contribution < 1.29 is 17.9 Å². The lowest BCUT2D eigenvalue weighted by atomic mass is 10.0. The maximum Gasteiger partial charge on any atom is 0.244 e. The SMILES string of the molecule is O=S(=O)(c1ccccc1Br)N1CCCC1c1ccc2c(c1)OCCO2. The molecule has 0 bridgehead atoms. The normalized spacial score (nSPS) is 20.6. The Kier molecular flexibility index (Phi) is 4.47. The minimum absolute atomic E-state index is 0.187. The van der Waals surface area contributed by atoms with Gasteiger partial charge in [-0.05, 0) is 58.6 Å². The van der Waals surface area contributed by atoms with Crippen molar-refractivity contribution in [2.24, 2.45) is 0 Å². The largest absolute Gasteiger partial charge is 0.486 e. The van der Waals surface area contributed by atoms with Gasteiger partial charge in [-0.1, -0.05) is 18.2 Å². The van der Waals surface area contributed by atoms with Crippen LogP contribution in [0.5, 0.6) is 11.5 Å². The van der Waals surface area contributed by atoms with Crippen LogP contribution in [0.1, 0.15) is 24.4 Å². The molecule has 0 radical (unpaired) electrons. The molecule has 0 saturated carbocycles. The van der Waals surface area contributed by atoms with E-state index in [9.17, 15) is 8.42 Å². The molecule has 2 aromatic rings. The average molecular weight is 424 g/mol. The molecular weight excluding hydrogens is 406 g/mol. The number of hydrogen-bond donors (Lipinski definition) is 0. The molecule has 0 amide bonds. The van der Waals surface area contributed by atoms with Crippen molar-refractivity contribution in [2.75, 3.05) is 19.8 Å². The van der Waals surface area contributed by atoms with Crippen LogP contribution in [0, 0.1) is 0 Å². The van der Waals surface area contributed by atoms with Gasteiger partial charge in [0.2, 0.25) is 10.0 Å². The summed E-state index contributed by atoms with van der Waals surface area (Å²) in [6, 6.07) is 12.5. The van der Waals surface area contributed by atoms with Gasteiger partial charge in [0.15, 0.2) is 11.5 Å². The number of benzene rings is 2. The number of sulfonamides is 1. The van der Waals surface area contributed by atoms with E-state index < -0.39 is 10.0 Å². The highest BCUT2D eigenvalue weighted by Gasteiger charge is 2.37. The number of ether oxygens (including phenoxy) is 2. The molecule has 1 fully saturated rings. The molecule has 1 atom stereocenters. The maximum absolute atomic E-state index is 13.2. The van der Waals surface area contributed by atoms with Crippen LogP contribution in [-0.4, -0.2) is 32.5 Å². The number of fused-ring (bicyclic) bond motifs is 1. The lowest BCUT2D eigenvalue weighted by Crippen LogP contribution is -2.31. The summed E-state index contributed by atoms with van der Waals surface area (Å²) in [4.78, 5) is 0.305. The van der Waals surface area contributed by atoms with Gasteiger partial charge in [-0.25, -0.2) is 8.42 Å². The van der Waals surface area contributed by atoms with Gasteiger partial charge in [-0.3, -0.25) is 0 Å². The molecule has 0 aliphatic carbocycles. The zero-order chi connectivity index (χ0) is 17.4. The Bertz CT molecular complexity index is 900. The molecular formula is C18H18BrNO4S. The topological polar surface area (TPSA) is 55.8 Å². The molecule has 132 valence electrons. The van der Waals surface area contributed by atoms with Gasteiger partial charge in [-0.15, -0.1) is 0 Å². The first-order chi connectivity index (χ1) is 12.1. The highest BCUT2D eigenvalue weighted by molar-refractivity contribution is 9.10. The van der Waals surface area contributed by atoms with Gasteiger partial charge < -0.3 is 9.47 Å². The summed E-state index contributed by atoms with van der Waals surface area (Å²) in [6.07, 6.45) is 1.63. The molecule has 0 aromatic heterocycles. The van der Waals surface area contributed by atoms with Crippen LogP contribution >= 0.6 is 15.9 Å². The first kappa shape index (κ1) is 16.9. The smallest absolute Gasteiger partial charge is 0.244 e. The van der Waals surface area contributed by atoms with E-state index in [1.165, 1.54) is 0 Å². The summed E-state index contributed by atoms with van der Waals surface area (Å²) in [6.45, 7) is 1.57. The molecule has 2 aromatic carbocycles. The van der Waals surface area contributed by atoms with Crippen LogP contribution in [0.3, 0.4) is 0 Å². The van der Waals surface area contributed by atoms with Gasteiger partial charge in [0, 0.05) is 11.0 Å². The molecule has 2 aliphatic rings. The van der Waals surface area contributed by atoms with E-state index in [0.717, 1.165) is 18.4 Å². The quantitative estimate of drug-likeness (QED) is 0.754. The second kappa shape index (κ2) is 6.63. The molecule has 4 rings (SSSR count). The highest BCUT2D eigenvalue weighted by Crippen LogP contribution is 2.41. The molecule has 0 N–H and O–H groups in total. The van der Waals surface area contributed by atoms with Crippen molar-refractivity contribution >= 4 is 26.0 Å². The number of nitrogens with zero attached hydrogens (tertiary/aromatic N) is 1. The Labute approximate surface area is 155 Å². The summed E-state index contributed by atoms with van der Waals surface area (Å²) >= 11 is 3.36. The fourth-order valence-corrected chi connectivity index (χ4v) is 6.06. The van der Waals surface area contributed by atoms with Crippen molar-refractivity contribution in [1.29, 1.82) is 0 Å². The lowest BCUT2D eigenvalue weighted by Gasteiger charge is -2.26. The average Bonchev–Trinajstić information content (AvgIpc) is 3.12. The molecule has 0 spiro atoms. The maximum atomic E-state index is 13.2. The zero-order valence-corrected chi connectivity index (χ0v) is 15.9. The Morgan fingerprint density at radius 3 is 2.60 bits per heavy atom. The minimum atomic E-state index is -3.57. The summed E-state index contributed by atoms with van der Waals surface area (Å²) in [5.41, 5.74) is 0.942. The van der Waals surface area contributed by atoms with E-state index in [1.54, 1.807) is 22.5 Å². The Morgan fingerprint density at radius 1 is 1.04 bits per heavy atom. The van der Waals surface area contributed by atoms with E-state index in [2.05, 4.69) is 15.9 Å². The van der Waals surface area contributed by atoms with Gasteiger partial charge in [0.05, 0.1) is 10.9 Å². The van der Waals surface area contributed by atoms with Crippen LogP contribution in [0.4, 0.5) is 0 Å². The standard InChI is InChI=1S/C18H18BrNO4S/c19-14-4-1-2-6-18(14)25(21,22)20-9-3-5-15(20)13-7-8-16-17(12-13)24-11-10-23-16/h1-2,4,6-8,12,15H,3,5,9-11H2. The predicted molar refractivity (Wildman–Crippen MR) is 97.4 cm³/mol.